The van der Waals surface area contributed by atoms with Crippen molar-refractivity contribution in [2.75, 3.05) is 12.3 Å². The number of thioether (sulfide) groups is 1. The number of amides is 1. The third-order valence-electron chi connectivity index (χ3n) is 6.24. The highest BCUT2D eigenvalue weighted by Gasteiger charge is 2.22. The number of hydrogen-bond donors (Lipinski definition) is 0. The number of carbonyl (C=O) groups is 1. The quantitative estimate of drug-likeness (QED) is 0.230. The molecule has 7 heteroatoms. The maximum absolute atomic E-state index is 12.9. The summed E-state index contributed by atoms with van der Waals surface area (Å²) >= 11 is 1.41. The highest BCUT2D eigenvalue weighted by molar-refractivity contribution is 7.99. The molecule has 0 saturated carbocycles. The van der Waals surface area contributed by atoms with E-state index in [1.807, 2.05) is 58.0 Å². The molecule has 0 aliphatic carbocycles. The third kappa shape index (κ3) is 5.36. The Bertz CT molecular complexity index is 1350. The van der Waals surface area contributed by atoms with Crippen LogP contribution in [0.25, 0.3) is 11.1 Å². The first-order chi connectivity index (χ1) is 17.7. The van der Waals surface area contributed by atoms with Gasteiger partial charge in [0.2, 0.25) is 5.91 Å². The molecule has 0 fully saturated rings. The van der Waals surface area contributed by atoms with Gasteiger partial charge in [0.05, 0.1) is 5.75 Å². The lowest BCUT2D eigenvalue weighted by molar-refractivity contribution is -0.129. The number of fused-ring (bicyclic) bond motifs is 1. The van der Waals surface area contributed by atoms with Gasteiger partial charge >= 0.3 is 0 Å². The predicted octanol–water partition coefficient (Wildman–Crippen LogP) is 5.39. The van der Waals surface area contributed by atoms with Crippen LogP contribution >= 0.6 is 11.8 Å². The fourth-order valence-electron chi connectivity index (χ4n) is 4.36. The molecule has 0 unspecified atom stereocenters. The lowest BCUT2D eigenvalue weighted by Gasteiger charge is -2.28. The minimum Gasteiger partial charge on any atom is -0.485 e. The predicted molar refractivity (Wildman–Crippen MR) is 143 cm³/mol. The van der Waals surface area contributed by atoms with Crippen molar-refractivity contribution in [2.45, 2.75) is 31.3 Å². The molecule has 6 nitrogen and oxygen atoms in total. The second-order valence-electron chi connectivity index (χ2n) is 8.57. The molecule has 0 saturated heterocycles. The Morgan fingerprint density at radius 1 is 0.972 bits per heavy atom. The molecule has 2 heterocycles. The average molecular weight is 497 g/mol. The molecule has 0 atom stereocenters. The largest absolute Gasteiger partial charge is 0.485 e. The maximum atomic E-state index is 12.9. The summed E-state index contributed by atoms with van der Waals surface area (Å²) in [5.41, 5.74) is 4.68. The van der Waals surface area contributed by atoms with Crippen LogP contribution < -0.4 is 4.74 Å². The van der Waals surface area contributed by atoms with E-state index >= 15 is 0 Å². The summed E-state index contributed by atoms with van der Waals surface area (Å²) in [5, 5.41) is 9.42. The molecule has 0 spiro atoms. The lowest BCUT2D eigenvalue weighted by atomic mass is 10.00. The van der Waals surface area contributed by atoms with Crippen molar-refractivity contribution >= 4 is 17.7 Å². The zero-order chi connectivity index (χ0) is 24.7. The molecule has 1 aliphatic heterocycles. The van der Waals surface area contributed by atoms with Crippen LogP contribution in [0.4, 0.5) is 0 Å². The normalized spacial score (nSPS) is 12.7. The van der Waals surface area contributed by atoms with E-state index in [9.17, 15) is 4.79 Å². The van der Waals surface area contributed by atoms with E-state index in [-0.39, 0.29) is 12.5 Å². The van der Waals surface area contributed by atoms with Gasteiger partial charge in [-0.05, 0) is 29.2 Å². The van der Waals surface area contributed by atoms with E-state index < -0.39 is 0 Å². The number of ether oxygens (including phenoxy) is 1. The van der Waals surface area contributed by atoms with E-state index in [0.717, 1.165) is 29.8 Å². The summed E-state index contributed by atoms with van der Waals surface area (Å²) in [6, 6.07) is 26.5. The Morgan fingerprint density at radius 2 is 1.72 bits per heavy atom. The Balaban J connectivity index is 1.25. The van der Waals surface area contributed by atoms with Crippen LogP contribution in [0.2, 0.25) is 0 Å². The summed E-state index contributed by atoms with van der Waals surface area (Å²) in [6.07, 6.45) is 2.70. The second-order valence-corrected chi connectivity index (χ2v) is 9.51. The average Bonchev–Trinajstić information content (AvgIpc) is 3.32. The van der Waals surface area contributed by atoms with Gasteiger partial charge in [-0.3, -0.25) is 9.36 Å². The Kier molecular flexibility index (Phi) is 7.47. The summed E-state index contributed by atoms with van der Waals surface area (Å²) in [6.45, 7) is 6.09. The van der Waals surface area contributed by atoms with Crippen LogP contribution in [0.1, 0.15) is 17.0 Å². The maximum Gasteiger partial charge on any atom is 0.233 e. The zero-order valence-electron chi connectivity index (χ0n) is 20.0. The summed E-state index contributed by atoms with van der Waals surface area (Å²) in [5.74, 6) is 1.90. The number of nitrogens with zero attached hydrogens (tertiary/aromatic N) is 4. The molecule has 1 aliphatic rings. The number of carbonyl (C=O) groups excluding carboxylic acids is 1. The Hall–Kier alpha value is -3.84. The molecule has 1 amide bonds. The van der Waals surface area contributed by atoms with E-state index in [2.05, 4.69) is 47.1 Å². The summed E-state index contributed by atoms with van der Waals surface area (Å²) in [7, 11) is 0. The zero-order valence-corrected chi connectivity index (χ0v) is 20.9. The van der Waals surface area contributed by atoms with Crippen molar-refractivity contribution in [3.8, 4) is 16.9 Å². The SMILES string of the molecule is C=CCn1c(COc2ccccc2-c2ccccc2)nnc1SCC(=O)N1CCc2ccccc2C1. The number of hydrogen-bond acceptors (Lipinski definition) is 5. The third-order valence-corrected chi connectivity index (χ3v) is 7.19. The number of rotatable bonds is 9. The monoisotopic (exact) mass is 496 g/mol. The number of allylic oxidation sites excluding steroid dienone is 1. The minimum atomic E-state index is 0.109. The van der Waals surface area contributed by atoms with Crippen molar-refractivity contribution in [1.82, 2.24) is 19.7 Å². The minimum absolute atomic E-state index is 0.109. The second kappa shape index (κ2) is 11.3. The van der Waals surface area contributed by atoms with Crippen LogP contribution in [0.15, 0.2) is 96.7 Å². The molecule has 182 valence electrons. The van der Waals surface area contributed by atoms with Gasteiger partial charge in [-0.15, -0.1) is 16.8 Å². The smallest absolute Gasteiger partial charge is 0.233 e. The first-order valence-corrected chi connectivity index (χ1v) is 13.0. The topological polar surface area (TPSA) is 60.2 Å². The first-order valence-electron chi connectivity index (χ1n) is 12.0. The molecule has 0 radical (unpaired) electrons. The molecular weight excluding hydrogens is 468 g/mol. The van der Waals surface area contributed by atoms with Gasteiger partial charge in [0.25, 0.3) is 0 Å². The van der Waals surface area contributed by atoms with Gasteiger partial charge in [-0.25, -0.2) is 0 Å². The van der Waals surface area contributed by atoms with Crippen molar-refractivity contribution in [3.63, 3.8) is 0 Å². The van der Waals surface area contributed by atoms with Crippen molar-refractivity contribution in [3.05, 3.63) is 108 Å². The van der Waals surface area contributed by atoms with Crippen LogP contribution in [0.3, 0.4) is 0 Å². The lowest BCUT2D eigenvalue weighted by Crippen LogP contribution is -2.37. The van der Waals surface area contributed by atoms with Crippen molar-refractivity contribution < 1.29 is 9.53 Å². The molecule has 0 N–H and O–H groups in total. The molecule has 1 aromatic heterocycles. The van der Waals surface area contributed by atoms with Crippen molar-refractivity contribution in [2.24, 2.45) is 0 Å². The van der Waals surface area contributed by atoms with E-state index in [4.69, 9.17) is 4.74 Å². The summed E-state index contributed by atoms with van der Waals surface area (Å²) < 4.78 is 8.15. The van der Waals surface area contributed by atoms with Gasteiger partial charge in [-0.2, -0.15) is 0 Å². The molecule has 0 bridgehead atoms. The molecule has 3 aromatic carbocycles. The molecule has 36 heavy (non-hydrogen) atoms. The Labute approximate surface area is 215 Å². The van der Waals surface area contributed by atoms with E-state index in [0.29, 0.717) is 29.8 Å². The highest BCUT2D eigenvalue weighted by Crippen LogP contribution is 2.30. The van der Waals surface area contributed by atoms with E-state index in [1.54, 1.807) is 6.08 Å². The number of para-hydroxylation sites is 1. The van der Waals surface area contributed by atoms with Crippen LogP contribution in [0.5, 0.6) is 5.75 Å². The number of benzene rings is 3. The molecule has 5 rings (SSSR count). The fraction of sp³-hybridized carbons (Fsp3) is 0.207. The standard InChI is InChI=1S/C29H28N4O2S/c1-2-17-33-27(20-35-26-15-9-8-14-25(26)23-11-4-3-5-12-23)30-31-29(33)36-21-28(34)32-18-16-22-10-6-7-13-24(22)19-32/h2-15H,1,16-21H2. The van der Waals surface area contributed by atoms with E-state index in [1.165, 1.54) is 22.9 Å². The van der Waals surface area contributed by atoms with Gasteiger partial charge in [0.15, 0.2) is 11.0 Å². The highest BCUT2D eigenvalue weighted by atomic mass is 32.2. The van der Waals surface area contributed by atoms with Crippen LogP contribution in [-0.2, 0) is 30.9 Å². The van der Waals surface area contributed by atoms with Crippen LogP contribution in [-0.4, -0.2) is 37.9 Å². The fourth-order valence-corrected chi connectivity index (χ4v) is 5.23. The molecule has 4 aromatic rings. The van der Waals surface area contributed by atoms with Gasteiger partial charge < -0.3 is 9.64 Å². The van der Waals surface area contributed by atoms with Gasteiger partial charge in [-0.1, -0.05) is 90.6 Å². The van der Waals surface area contributed by atoms with Crippen molar-refractivity contribution in [1.29, 1.82) is 0 Å². The van der Waals surface area contributed by atoms with Crippen LogP contribution in [0, 0.1) is 0 Å². The first kappa shape index (κ1) is 23.9. The molecular formula is C29H28N4O2S. The van der Waals surface area contributed by atoms with Gasteiger partial charge in [0, 0.05) is 25.2 Å². The summed E-state index contributed by atoms with van der Waals surface area (Å²) in [4.78, 5) is 14.9. The van der Waals surface area contributed by atoms with Gasteiger partial charge in [0.1, 0.15) is 12.4 Å². The Morgan fingerprint density at radius 3 is 2.56 bits per heavy atom. The number of aromatic nitrogens is 3.